The van der Waals surface area contributed by atoms with E-state index in [2.05, 4.69) is 46.7 Å². The van der Waals surface area contributed by atoms with E-state index in [0.29, 0.717) is 19.4 Å². The van der Waals surface area contributed by atoms with Gasteiger partial charge in [0.1, 0.15) is 12.2 Å². The van der Waals surface area contributed by atoms with Crippen molar-refractivity contribution in [2.75, 3.05) is 38.8 Å². The van der Waals surface area contributed by atoms with Crippen molar-refractivity contribution in [1.82, 2.24) is 4.90 Å². The Morgan fingerprint density at radius 3 is 1.16 bits per heavy atom. The lowest BCUT2D eigenvalue weighted by Gasteiger charge is -2.18. The molecule has 1 atom stereocenters. The molecule has 0 aromatic rings. The van der Waals surface area contributed by atoms with Crippen LogP contribution in [0.15, 0.2) is 0 Å². The Balaban J connectivity index is 4.04. The predicted octanol–water partition coefficient (Wildman–Crippen LogP) is 16.6. The lowest BCUT2D eigenvalue weighted by Crippen LogP contribution is -2.25. The highest BCUT2D eigenvalue weighted by Crippen LogP contribution is 2.21. The molecule has 0 fully saturated rings. The van der Waals surface area contributed by atoms with Crippen molar-refractivity contribution in [2.24, 2.45) is 5.92 Å². The van der Waals surface area contributed by atoms with Crippen LogP contribution >= 0.6 is 11.8 Å². The summed E-state index contributed by atoms with van der Waals surface area (Å²) in [5.41, 5.74) is 0. The molecule has 374 valence electrons. The third-order valence-electron chi connectivity index (χ3n) is 12.6. The number of carbonyl (C=O) groups excluding carboxylic acids is 3. The Labute approximate surface area is 396 Å². The summed E-state index contributed by atoms with van der Waals surface area (Å²) in [6.07, 6.45) is 44.4. The first-order valence-corrected chi connectivity index (χ1v) is 28.7. The molecule has 0 aliphatic carbocycles. The van der Waals surface area contributed by atoms with Gasteiger partial charge in [-0.1, -0.05) is 182 Å². The van der Waals surface area contributed by atoms with Crippen LogP contribution < -0.4 is 0 Å². The molecule has 0 bridgehead atoms. The van der Waals surface area contributed by atoms with Crippen LogP contribution in [0.4, 0.5) is 0 Å². The molecule has 0 N–H and O–H groups in total. The minimum absolute atomic E-state index is 0.00844. The smallest absolute Gasteiger partial charge is 0.309 e. The highest BCUT2D eigenvalue weighted by Gasteiger charge is 2.20. The minimum Gasteiger partial charge on any atom is -0.465 e. The van der Waals surface area contributed by atoms with E-state index in [1.54, 1.807) is 0 Å². The molecule has 0 radical (unpaired) electrons. The number of thioether (sulfide) groups is 1. The van der Waals surface area contributed by atoms with Gasteiger partial charge in [-0.15, -0.1) is 0 Å². The standard InChI is InChI=1S/C55H107NO6S/c1-7-11-15-31-39-51(40-32-16-12-8-2)61-53(57)43-35-27-23-19-21-25-29-37-47-60-55(59)50(45-46-56(5)6)49-63-48-38-30-26-22-20-24-28-36-44-54(58)62-52(41-33-17-13-9-3)42-34-18-14-10-4/h50-52H,7-49H2,1-6H3. The second-order valence-electron chi connectivity index (χ2n) is 19.3. The van der Waals surface area contributed by atoms with Crippen molar-refractivity contribution in [3.63, 3.8) is 0 Å². The van der Waals surface area contributed by atoms with Crippen molar-refractivity contribution in [3.8, 4) is 0 Å². The van der Waals surface area contributed by atoms with Crippen LogP contribution in [-0.4, -0.2) is 73.8 Å². The first-order valence-electron chi connectivity index (χ1n) is 27.5. The molecule has 0 aliphatic rings. The fourth-order valence-corrected chi connectivity index (χ4v) is 9.54. The topological polar surface area (TPSA) is 82.1 Å². The Hall–Kier alpha value is -1.28. The molecule has 63 heavy (non-hydrogen) atoms. The summed E-state index contributed by atoms with van der Waals surface area (Å²) in [6, 6.07) is 0. The molecule has 0 saturated heterocycles. The number of hydrogen-bond donors (Lipinski definition) is 0. The largest absolute Gasteiger partial charge is 0.465 e. The molecular formula is C55H107NO6S. The van der Waals surface area contributed by atoms with Crippen LogP contribution in [0.2, 0.25) is 0 Å². The molecule has 0 aromatic carbocycles. The molecule has 0 heterocycles. The minimum atomic E-state index is -0.0306. The maximum atomic E-state index is 13.0. The van der Waals surface area contributed by atoms with Crippen LogP contribution in [-0.2, 0) is 28.6 Å². The van der Waals surface area contributed by atoms with E-state index in [0.717, 1.165) is 88.7 Å². The van der Waals surface area contributed by atoms with Crippen molar-refractivity contribution in [1.29, 1.82) is 0 Å². The maximum Gasteiger partial charge on any atom is 0.309 e. The van der Waals surface area contributed by atoms with Gasteiger partial charge >= 0.3 is 17.9 Å². The summed E-state index contributed by atoms with van der Waals surface area (Å²) < 4.78 is 17.7. The monoisotopic (exact) mass is 910 g/mol. The van der Waals surface area contributed by atoms with Crippen LogP contribution in [0.25, 0.3) is 0 Å². The van der Waals surface area contributed by atoms with Crippen LogP contribution in [0.1, 0.15) is 278 Å². The second kappa shape index (κ2) is 48.6. The first kappa shape index (κ1) is 61.7. The quantitative estimate of drug-likeness (QED) is 0.0339. The van der Waals surface area contributed by atoms with Crippen molar-refractivity contribution in [2.45, 2.75) is 290 Å². The Morgan fingerprint density at radius 2 is 0.778 bits per heavy atom. The summed E-state index contributed by atoms with van der Waals surface area (Å²) in [6.45, 7) is 10.4. The van der Waals surface area contributed by atoms with Gasteiger partial charge in [0.25, 0.3) is 0 Å². The second-order valence-corrected chi connectivity index (χ2v) is 20.5. The normalized spacial score (nSPS) is 12.1. The highest BCUT2D eigenvalue weighted by molar-refractivity contribution is 7.99. The van der Waals surface area contributed by atoms with Gasteiger partial charge in [0, 0.05) is 18.6 Å². The molecule has 0 spiro atoms. The fraction of sp³-hybridized carbons (Fsp3) is 0.945. The molecule has 8 heteroatoms. The summed E-state index contributed by atoms with van der Waals surface area (Å²) in [5, 5.41) is 0. The lowest BCUT2D eigenvalue weighted by atomic mass is 10.0. The van der Waals surface area contributed by atoms with E-state index in [-0.39, 0.29) is 36.0 Å². The van der Waals surface area contributed by atoms with Gasteiger partial charge in [-0.2, -0.15) is 11.8 Å². The summed E-state index contributed by atoms with van der Waals surface area (Å²) in [7, 11) is 4.14. The van der Waals surface area contributed by atoms with E-state index in [1.807, 2.05) is 11.8 Å². The van der Waals surface area contributed by atoms with Gasteiger partial charge in [-0.3, -0.25) is 14.4 Å². The Morgan fingerprint density at radius 1 is 0.429 bits per heavy atom. The van der Waals surface area contributed by atoms with E-state index in [1.165, 1.54) is 167 Å². The number of rotatable bonds is 50. The molecular weight excluding hydrogens is 803 g/mol. The number of nitrogens with zero attached hydrogens (tertiary/aromatic N) is 1. The van der Waals surface area contributed by atoms with Gasteiger partial charge in [-0.25, -0.2) is 0 Å². The molecule has 0 saturated carbocycles. The third-order valence-corrected chi connectivity index (χ3v) is 13.8. The summed E-state index contributed by atoms with van der Waals surface area (Å²) in [4.78, 5) is 40.3. The van der Waals surface area contributed by atoms with Gasteiger partial charge < -0.3 is 19.1 Å². The third kappa shape index (κ3) is 44.3. The van der Waals surface area contributed by atoms with Gasteiger partial charge in [-0.05, 0) is 110 Å². The SMILES string of the molecule is CCCCCCC(CCCCCC)OC(=O)CCCCCCCCCCOC(=O)C(CCN(C)C)CSCCCCCCCCCCC(=O)OC(CCCCCC)CCCCCC. The number of hydrogen-bond acceptors (Lipinski definition) is 8. The molecule has 1 unspecified atom stereocenters. The number of ether oxygens (including phenoxy) is 3. The zero-order valence-electron chi connectivity index (χ0n) is 42.9. The van der Waals surface area contributed by atoms with E-state index >= 15 is 0 Å². The number of esters is 3. The maximum absolute atomic E-state index is 13.0. The van der Waals surface area contributed by atoms with E-state index < -0.39 is 0 Å². The summed E-state index contributed by atoms with van der Waals surface area (Å²) in [5.74, 6) is 1.94. The molecule has 0 amide bonds. The zero-order valence-corrected chi connectivity index (χ0v) is 43.8. The van der Waals surface area contributed by atoms with Gasteiger partial charge in [0.05, 0.1) is 12.5 Å². The van der Waals surface area contributed by atoms with Gasteiger partial charge in [0.15, 0.2) is 0 Å². The highest BCUT2D eigenvalue weighted by atomic mass is 32.2. The predicted molar refractivity (Wildman–Crippen MR) is 273 cm³/mol. The summed E-state index contributed by atoms with van der Waals surface area (Å²) >= 11 is 1.92. The molecule has 0 aromatic heterocycles. The van der Waals surface area contributed by atoms with Crippen LogP contribution in [0, 0.1) is 5.92 Å². The van der Waals surface area contributed by atoms with Crippen molar-refractivity contribution >= 4 is 29.7 Å². The average Bonchev–Trinajstić information content (AvgIpc) is 3.26. The van der Waals surface area contributed by atoms with Crippen LogP contribution in [0.3, 0.4) is 0 Å². The Bertz CT molecular complexity index is 970. The number of unbranched alkanes of at least 4 members (excludes halogenated alkanes) is 26. The van der Waals surface area contributed by atoms with Crippen molar-refractivity contribution < 1.29 is 28.6 Å². The first-order chi connectivity index (χ1) is 30.8. The molecule has 7 nitrogen and oxygen atoms in total. The zero-order chi connectivity index (χ0) is 46.3. The fourth-order valence-electron chi connectivity index (χ4n) is 8.37. The average molecular weight is 911 g/mol. The van der Waals surface area contributed by atoms with E-state index in [9.17, 15) is 14.4 Å². The Kier molecular flexibility index (Phi) is 47.7. The number of carbonyl (C=O) groups is 3. The van der Waals surface area contributed by atoms with Crippen LogP contribution in [0.5, 0.6) is 0 Å². The lowest BCUT2D eigenvalue weighted by molar-refractivity contribution is -0.151. The van der Waals surface area contributed by atoms with Crippen molar-refractivity contribution in [3.05, 3.63) is 0 Å². The molecule has 0 aliphatic heterocycles. The van der Waals surface area contributed by atoms with E-state index in [4.69, 9.17) is 14.2 Å². The molecule has 0 rings (SSSR count). The van der Waals surface area contributed by atoms with Gasteiger partial charge in [0.2, 0.25) is 0 Å².